The molecule has 1 amide bonds. The lowest BCUT2D eigenvalue weighted by Gasteiger charge is -2.27. The number of halogens is 2. The van der Waals surface area contributed by atoms with E-state index in [0.29, 0.717) is 6.42 Å². The number of nitrogens with one attached hydrogen (secondary N) is 3. The standard InChI is InChI=1S/C20H24F2N6O3/c1-10(2)5-16(11(3)25-20(29)30)27-18-14(21)6-12(8-23)17(28-18)26-13-7-15(22)19(31-4)24-9-13/h6-7,9-11,16,25H,5H2,1-4H3,(H,29,30)(H2,26,27,28)/t11-,16+/m0/s1. The van der Waals surface area contributed by atoms with Gasteiger partial charge in [-0.25, -0.2) is 23.5 Å². The fourth-order valence-electron chi connectivity index (χ4n) is 2.92. The summed E-state index contributed by atoms with van der Waals surface area (Å²) in [4.78, 5) is 19.0. The topological polar surface area (TPSA) is 132 Å². The van der Waals surface area contributed by atoms with Crippen LogP contribution in [0.4, 0.5) is 30.9 Å². The number of hydrogen-bond acceptors (Lipinski definition) is 7. The summed E-state index contributed by atoms with van der Waals surface area (Å²) in [7, 11) is 1.28. The molecule has 11 heteroatoms. The molecule has 0 saturated carbocycles. The molecule has 166 valence electrons. The van der Waals surface area contributed by atoms with Crippen molar-refractivity contribution < 1.29 is 23.4 Å². The molecule has 0 aliphatic rings. The SMILES string of the molecule is COc1ncc(Nc2nc(N[C@H](CC(C)C)[C@H](C)NC(=O)O)c(F)cc2C#N)cc1F. The second-order valence-corrected chi connectivity index (χ2v) is 7.29. The number of pyridine rings is 2. The summed E-state index contributed by atoms with van der Waals surface area (Å²) in [5.41, 5.74) is 0.0795. The van der Waals surface area contributed by atoms with E-state index in [2.05, 4.69) is 25.9 Å². The summed E-state index contributed by atoms with van der Waals surface area (Å²) in [6, 6.07) is 2.91. The van der Waals surface area contributed by atoms with Crippen molar-refractivity contribution in [1.29, 1.82) is 5.26 Å². The first-order valence-corrected chi connectivity index (χ1v) is 9.47. The highest BCUT2D eigenvalue weighted by atomic mass is 19.1. The van der Waals surface area contributed by atoms with Crippen LogP contribution >= 0.6 is 0 Å². The Morgan fingerprint density at radius 3 is 2.52 bits per heavy atom. The lowest BCUT2D eigenvalue weighted by Crippen LogP contribution is -2.45. The van der Waals surface area contributed by atoms with Gasteiger partial charge in [0.05, 0.1) is 24.6 Å². The molecule has 2 heterocycles. The van der Waals surface area contributed by atoms with E-state index < -0.39 is 29.8 Å². The third kappa shape index (κ3) is 6.40. The molecule has 0 saturated heterocycles. The highest BCUT2D eigenvalue weighted by molar-refractivity contribution is 5.66. The molecule has 9 nitrogen and oxygen atoms in total. The average molecular weight is 434 g/mol. The van der Waals surface area contributed by atoms with Crippen LogP contribution in [-0.2, 0) is 0 Å². The summed E-state index contributed by atoms with van der Waals surface area (Å²) in [6.45, 7) is 5.55. The first-order valence-electron chi connectivity index (χ1n) is 9.47. The quantitative estimate of drug-likeness (QED) is 0.468. The molecule has 4 N–H and O–H groups in total. The lowest BCUT2D eigenvalue weighted by molar-refractivity contribution is 0.188. The van der Waals surface area contributed by atoms with Crippen molar-refractivity contribution in [1.82, 2.24) is 15.3 Å². The molecule has 0 aliphatic heterocycles. The maximum Gasteiger partial charge on any atom is 0.404 e. The molecule has 2 aromatic rings. The Morgan fingerprint density at radius 1 is 1.26 bits per heavy atom. The first-order chi connectivity index (χ1) is 14.6. The minimum atomic E-state index is -1.20. The Hall–Kier alpha value is -3.68. The van der Waals surface area contributed by atoms with E-state index in [9.17, 15) is 18.8 Å². The van der Waals surface area contributed by atoms with Crippen molar-refractivity contribution in [3.05, 3.63) is 35.5 Å². The average Bonchev–Trinajstić information content (AvgIpc) is 2.68. The summed E-state index contributed by atoms with van der Waals surface area (Å²) in [5, 5.41) is 26.4. The Morgan fingerprint density at radius 2 is 1.97 bits per heavy atom. The predicted molar refractivity (Wildman–Crippen MR) is 110 cm³/mol. The van der Waals surface area contributed by atoms with Crippen molar-refractivity contribution in [2.24, 2.45) is 5.92 Å². The number of nitriles is 1. The normalized spacial score (nSPS) is 12.6. The number of hydrogen-bond donors (Lipinski definition) is 4. The van der Waals surface area contributed by atoms with Gasteiger partial charge < -0.3 is 25.8 Å². The second-order valence-electron chi connectivity index (χ2n) is 7.29. The number of ether oxygens (including phenoxy) is 1. The molecule has 31 heavy (non-hydrogen) atoms. The molecule has 0 radical (unpaired) electrons. The molecule has 0 bridgehead atoms. The lowest BCUT2D eigenvalue weighted by atomic mass is 9.98. The van der Waals surface area contributed by atoms with Crippen molar-refractivity contribution >= 4 is 23.4 Å². The number of carbonyl (C=O) groups is 1. The van der Waals surface area contributed by atoms with Crippen LogP contribution in [0.15, 0.2) is 18.3 Å². The number of amides is 1. The number of carboxylic acid groups (broad SMARTS) is 1. The zero-order valence-corrected chi connectivity index (χ0v) is 17.5. The molecule has 2 atom stereocenters. The minimum Gasteiger partial charge on any atom is -0.479 e. The van der Waals surface area contributed by atoms with Crippen LogP contribution in [0.1, 0.15) is 32.8 Å². The summed E-state index contributed by atoms with van der Waals surface area (Å²) in [6.07, 6.45) is 0.605. The van der Waals surface area contributed by atoms with Gasteiger partial charge in [-0.2, -0.15) is 5.26 Å². The van der Waals surface area contributed by atoms with Gasteiger partial charge in [0.1, 0.15) is 6.07 Å². The van der Waals surface area contributed by atoms with Crippen molar-refractivity contribution in [3.63, 3.8) is 0 Å². The molecule has 0 unspecified atom stereocenters. The Balaban J connectivity index is 2.36. The van der Waals surface area contributed by atoms with Crippen LogP contribution < -0.4 is 20.7 Å². The fourth-order valence-corrected chi connectivity index (χ4v) is 2.92. The summed E-state index contributed by atoms with van der Waals surface area (Å²) >= 11 is 0. The zero-order chi connectivity index (χ0) is 23.1. The van der Waals surface area contributed by atoms with E-state index in [4.69, 9.17) is 9.84 Å². The van der Waals surface area contributed by atoms with Gasteiger partial charge in [-0.05, 0) is 25.3 Å². The van der Waals surface area contributed by atoms with Crippen LogP contribution in [0.25, 0.3) is 0 Å². The minimum absolute atomic E-state index is 0.0140. The fraction of sp³-hybridized carbons (Fsp3) is 0.400. The molecular weight excluding hydrogens is 410 g/mol. The van der Waals surface area contributed by atoms with E-state index in [1.54, 1.807) is 6.92 Å². The monoisotopic (exact) mass is 434 g/mol. The van der Waals surface area contributed by atoms with Crippen molar-refractivity contribution in [2.45, 2.75) is 39.3 Å². The zero-order valence-electron chi connectivity index (χ0n) is 17.5. The van der Waals surface area contributed by atoms with Gasteiger partial charge in [-0.3, -0.25) is 0 Å². The number of aromatic nitrogens is 2. The number of rotatable bonds is 9. The molecule has 2 rings (SSSR count). The highest BCUT2D eigenvalue weighted by Crippen LogP contribution is 2.26. The van der Waals surface area contributed by atoms with Crippen LogP contribution in [-0.4, -0.2) is 40.4 Å². The Bertz CT molecular complexity index is 980. The third-order valence-electron chi connectivity index (χ3n) is 4.36. The van der Waals surface area contributed by atoms with E-state index in [0.717, 1.165) is 12.1 Å². The maximum atomic E-state index is 14.6. The van der Waals surface area contributed by atoms with Gasteiger partial charge >= 0.3 is 6.09 Å². The maximum absolute atomic E-state index is 14.6. The largest absolute Gasteiger partial charge is 0.479 e. The van der Waals surface area contributed by atoms with Crippen molar-refractivity contribution in [3.8, 4) is 11.9 Å². The molecule has 0 spiro atoms. The predicted octanol–water partition coefficient (Wildman–Crippen LogP) is 3.86. The van der Waals surface area contributed by atoms with Gasteiger partial charge in [0.25, 0.3) is 0 Å². The van der Waals surface area contributed by atoms with Gasteiger partial charge in [-0.15, -0.1) is 0 Å². The van der Waals surface area contributed by atoms with Crippen molar-refractivity contribution in [2.75, 3.05) is 17.7 Å². The van der Waals surface area contributed by atoms with E-state index in [1.807, 2.05) is 19.9 Å². The van der Waals surface area contributed by atoms with Gasteiger partial charge in [0.2, 0.25) is 5.88 Å². The molecule has 0 aliphatic carbocycles. The van der Waals surface area contributed by atoms with E-state index in [1.165, 1.54) is 13.3 Å². The highest BCUT2D eigenvalue weighted by Gasteiger charge is 2.23. The second kappa shape index (κ2) is 10.4. The van der Waals surface area contributed by atoms with E-state index >= 15 is 0 Å². The van der Waals surface area contributed by atoms with E-state index in [-0.39, 0.29) is 34.7 Å². The van der Waals surface area contributed by atoms with Crippen LogP contribution in [0.2, 0.25) is 0 Å². The third-order valence-corrected chi connectivity index (χ3v) is 4.36. The van der Waals surface area contributed by atoms with Gasteiger partial charge in [-0.1, -0.05) is 13.8 Å². The van der Waals surface area contributed by atoms with Crippen LogP contribution in [0.5, 0.6) is 5.88 Å². The smallest absolute Gasteiger partial charge is 0.404 e. The number of methoxy groups -OCH3 is 1. The van der Waals surface area contributed by atoms with Crippen LogP contribution in [0.3, 0.4) is 0 Å². The summed E-state index contributed by atoms with van der Waals surface area (Å²) in [5.74, 6) is -1.71. The Kier molecular flexibility index (Phi) is 7.90. The first kappa shape index (κ1) is 23.6. The van der Waals surface area contributed by atoms with Gasteiger partial charge in [0.15, 0.2) is 23.3 Å². The molecule has 0 aromatic carbocycles. The van der Waals surface area contributed by atoms with Crippen LogP contribution in [0, 0.1) is 28.9 Å². The number of nitrogens with zero attached hydrogens (tertiary/aromatic N) is 3. The molecule has 0 fully saturated rings. The Labute approximate surface area is 178 Å². The molecule has 2 aromatic heterocycles. The number of anilines is 3. The molecular formula is C20H24F2N6O3. The summed E-state index contributed by atoms with van der Waals surface area (Å²) < 4.78 is 33.3. The van der Waals surface area contributed by atoms with Gasteiger partial charge in [0, 0.05) is 18.2 Å².